The van der Waals surface area contributed by atoms with E-state index in [1.807, 2.05) is 20.8 Å². The van der Waals surface area contributed by atoms with Crippen LogP contribution >= 0.6 is 12.4 Å². The molecule has 0 saturated carbocycles. The molecule has 0 saturated heterocycles. The van der Waals surface area contributed by atoms with Crippen LogP contribution in [-0.4, -0.2) is 33.3 Å². The van der Waals surface area contributed by atoms with Gasteiger partial charge < -0.3 is 5.32 Å². The van der Waals surface area contributed by atoms with Crippen molar-refractivity contribution in [3.05, 3.63) is 0 Å². The van der Waals surface area contributed by atoms with Gasteiger partial charge in [0.25, 0.3) is 0 Å². The summed E-state index contributed by atoms with van der Waals surface area (Å²) in [6.07, 6.45) is 1.63. The van der Waals surface area contributed by atoms with E-state index < -0.39 is 10.0 Å². The van der Waals surface area contributed by atoms with Gasteiger partial charge in [0, 0.05) is 12.6 Å². The summed E-state index contributed by atoms with van der Waals surface area (Å²) in [4.78, 5) is 0. The molecule has 0 amide bonds. The topological polar surface area (TPSA) is 58.2 Å². The smallest absolute Gasteiger partial charge is 0.211 e. The van der Waals surface area contributed by atoms with Crippen LogP contribution in [0.4, 0.5) is 0 Å². The van der Waals surface area contributed by atoms with Gasteiger partial charge in [-0.05, 0) is 19.9 Å². The van der Waals surface area contributed by atoms with Crippen molar-refractivity contribution < 1.29 is 8.42 Å². The molecule has 0 aliphatic rings. The maximum absolute atomic E-state index is 11.4. The molecule has 94 valence electrons. The largest absolute Gasteiger partial charge is 0.313 e. The minimum atomic E-state index is -3.05. The van der Waals surface area contributed by atoms with E-state index in [1.165, 1.54) is 0 Å². The Morgan fingerprint density at radius 1 is 1.27 bits per heavy atom. The van der Waals surface area contributed by atoms with E-state index in [9.17, 15) is 8.42 Å². The fourth-order valence-electron chi connectivity index (χ4n) is 1.08. The Kier molecular flexibility index (Phi) is 11.0. The number of hydrogen-bond acceptors (Lipinski definition) is 3. The van der Waals surface area contributed by atoms with Gasteiger partial charge in [-0.25, -0.2) is 13.1 Å². The van der Waals surface area contributed by atoms with Crippen molar-refractivity contribution in [2.45, 2.75) is 39.7 Å². The number of nitrogens with one attached hydrogen (secondary N) is 2. The molecular weight excluding hydrogens is 236 g/mol. The Morgan fingerprint density at radius 2 is 1.87 bits per heavy atom. The summed E-state index contributed by atoms with van der Waals surface area (Å²) in [7, 11) is -3.05. The van der Waals surface area contributed by atoms with E-state index in [4.69, 9.17) is 0 Å². The second kappa shape index (κ2) is 9.39. The van der Waals surface area contributed by atoms with Gasteiger partial charge in [-0.2, -0.15) is 0 Å². The van der Waals surface area contributed by atoms with Crippen LogP contribution in [0.25, 0.3) is 0 Å². The highest BCUT2D eigenvalue weighted by Crippen LogP contribution is 1.93. The average molecular weight is 259 g/mol. The molecule has 0 unspecified atom stereocenters. The third-order valence-corrected chi connectivity index (χ3v) is 3.36. The van der Waals surface area contributed by atoms with Crippen LogP contribution in [0.2, 0.25) is 0 Å². The highest BCUT2D eigenvalue weighted by molar-refractivity contribution is 7.89. The maximum Gasteiger partial charge on any atom is 0.211 e. The summed E-state index contributed by atoms with van der Waals surface area (Å²) < 4.78 is 25.3. The normalized spacial score (nSPS) is 13.3. The molecule has 0 aliphatic carbocycles. The summed E-state index contributed by atoms with van der Waals surface area (Å²) >= 11 is 0. The fraction of sp³-hybridized carbons (Fsp3) is 1.00. The molecule has 0 radical (unpaired) electrons. The average Bonchev–Trinajstić information content (AvgIpc) is 2.13. The van der Waals surface area contributed by atoms with Crippen LogP contribution < -0.4 is 10.0 Å². The number of unbranched alkanes of at least 4 members (excludes halogenated alkanes) is 1. The van der Waals surface area contributed by atoms with Crippen molar-refractivity contribution in [1.82, 2.24) is 10.0 Å². The van der Waals surface area contributed by atoms with Crippen molar-refractivity contribution in [3.8, 4) is 0 Å². The molecule has 0 spiro atoms. The molecule has 0 fully saturated rings. The van der Waals surface area contributed by atoms with Crippen LogP contribution in [0.3, 0.4) is 0 Å². The predicted octanol–water partition coefficient (Wildman–Crippen LogP) is 1.13. The minimum absolute atomic E-state index is 0. The monoisotopic (exact) mass is 258 g/mol. The van der Waals surface area contributed by atoms with E-state index >= 15 is 0 Å². The van der Waals surface area contributed by atoms with Crippen LogP contribution in [0, 0.1) is 0 Å². The summed E-state index contributed by atoms with van der Waals surface area (Å²) in [6, 6.07) is 0.191. The molecule has 2 N–H and O–H groups in total. The van der Waals surface area contributed by atoms with Gasteiger partial charge >= 0.3 is 0 Å². The molecule has 0 aromatic rings. The standard InChI is InChI=1S/C9H22N2O2S.ClH/c1-4-6-7-14(12,13)11-8-9(3)10-5-2;/h9-11H,4-8H2,1-3H3;1H/t9-;/m1./s1. The Balaban J connectivity index is 0. The first-order chi connectivity index (χ1) is 6.52. The molecule has 4 nitrogen and oxygen atoms in total. The predicted molar refractivity (Wildman–Crippen MR) is 67.1 cm³/mol. The van der Waals surface area contributed by atoms with Gasteiger partial charge in [0.2, 0.25) is 10.0 Å². The Morgan fingerprint density at radius 3 is 2.33 bits per heavy atom. The van der Waals surface area contributed by atoms with Gasteiger partial charge in [0.15, 0.2) is 0 Å². The molecule has 0 heterocycles. The second-order valence-corrected chi connectivity index (χ2v) is 5.41. The van der Waals surface area contributed by atoms with Crippen molar-refractivity contribution in [3.63, 3.8) is 0 Å². The zero-order chi connectivity index (χ0) is 11.0. The molecule has 1 atom stereocenters. The third-order valence-electron chi connectivity index (χ3n) is 1.93. The number of hydrogen-bond donors (Lipinski definition) is 2. The van der Waals surface area contributed by atoms with Gasteiger partial charge in [-0.3, -0.25) is 0 Å². The highest BCUT2D eigenvalue weighted by atomic mass is 35.5. The lowest BCUT2D eigenvalue weighted by atomic mass is 10.3. The number of rotatable bonds is 8. The van der Waals surface area contributed by atoms with Crippen molar-refractivity contribution in [1.29, 1.82) is 0 Å². The Hall–Kier alpha value is 0.160. The van der Waals surface area contributed by atoms with Gasteiger partial charge in [-0.15, -0.1) is 12.4 Å². The van der Waals surface area contributed by atoms with E-state index in [0.29, 0.717) is 6.54 Å². The summed E-state index contributed by atoms with van der Waals surface area (Å²) in [5.74, 6) is 0.238. The third kappa shape index (κ3) is 10.4. The molecule has 0 aromatic carbocycles. The van der Waals surface area contributed by atoms with E-state index in [0.717, 1.165) is 19.4 Å². The first kappa shape index (κ1) is 17.6. The second-order valence-electron chi connectivity index (χ2n) is 3.48. The number of likely N-dealkylation sites (N-methyl/N-ethyl adjacent to an activating group) is 1. The Labute approximate surface area is 99.7 Å². The molecule has 0 rings (SSSR count). The Bertz CT molecular complexity index is 232. The van der Waals surface area contributed by atoms with Crippen LogP contribution in [0.1, 0.15) is 33.6 Å². The summed E-state index contributed by atoms with van der Waals surface area (Å²) in [5.41, 5.74) is 0. The van der Waals surface area contributed by atoms with E-state index in [2.05, 4.69) is 10.0 Å². The van der Waals surface area contributed by atoms with Crippen molar-refractivity contribution in [2.75, 3.05) is 18.8 Å². The van der Waals surface area contributed by atoms with Crippen molar-refractivity contribution >= 4 is 22.4 Å². The van der Waals surface area contributed by atoms with Gasteiger partial charge in [0.1, 0.15) is 0 Å². The quantitative estimate of drug-likeness (QED) is 0.686. The molecule has 0 aromatic heterocycles. The zero-order valence-electron chi connectivity index (χ0n) is 9.75. The fourth-order valence-corrected chi connectivity index (χ4v) is 2.40. The van der Waals surface area contributed by atoms with Gasteiger partial charge in [0.05, 0.1) is 5.75 Å². The molecule has 15 heavy (non-hydrogen) atoms. The molecule has 6 heteroatoms. The number of sulfonamides is 1. The minimum Gasteiger partial charge on any atom is -0.313 e. The van der Waals surface area contributed by atoms with Crippen LogP contribution in [-0.2, 0) is 10.0 Å². The summed E-state index contributed by atoms with van der Waals surface area (Å²) in [5, 5.41) is 3.15. The first-order valence-electron chi connectivity index (χ1n) is 5.22. The molecular formula is C9H23ClN2O2S. The first-order valence-corrected chi connectivity index (χ1v) is 6.87. The van der Waals surface area contributed by atoms with Crippen molar-refractivity contribution in [2.24, 2.45) is 0 Å². The van der Waals surface area contributed by atoms with E-state index in [-0.39, 0.29) is 24.2 Å². The lowest BCUT2D eigenvalue weighted by Gasteiger charge is -2.13. The van der Waals surface area contributed by atoms with Crippen LogP contribution in [0.15, 0.2) is 0 Å². The number of halogens is 1. The zero-order valence-corrected chi connectivity index (χ0v) is 11.4. The van der Waals surface area contributed by atoms with E-state index in [1.54, 1.807) is 0 Å². The lowest BCUT2D eigenvalue weighted by Crippen LogP contribution is -2.39. The van der Waals surface area contributed by atoms with Gasteiger partial charge in [-0.1, -0.05) is 20.3 Å². The highest BCUT2D eigenvalue weighted by Gasteiger charge is 2.10. The molecule has 0 aliphatic heterocycles. The summed E-state index contributed by atoms with van der Waals surface area (Å²) in [6.45, 7) is 7.28. The maximum atomic E-state index is 11.4. The van der Waals surface area contributed by atoms with Crippen LogP contribution in [0.5, 0.6) is 0 Å². The SMILES string of the molecule is CCCCS(=O)(=O)NC[C@@H](C)NCC.Cl. The molecule has 0 bridgehead atoms. The lowest BCUT2D eigenvalue weighted by molar-refractivity contribution is 0.535.